The van der Waals surface area contributed by atoms with Gasteiger partial charge in [0.2, 0.25) is 0 Å². The van der Waals surface area contributed by atoms with Crippen LogP contribution in [0.5, 0.6) is 0 Å². The van der Waals surface area contributed by atoms with Crippen molar-refractivity contribution in [3.63, 3.8) is 0 Å². The summed E-state index contributed by atoms with van der Waals surface area (Å²) < 4.78 is 51.9. The summed E-state index contributed by atoms with van der Waals surface area (Å²) in [7, 11) is 0. The Morgan fingerprint density at radius 2 is 2.05 bits per heavy atom. The number of hydrogen-bond donors (Lipinski definition) is 1. The van der Waals surface area contributed by atoms with Crippen LogP contribution in [0, 0.1) is 5.82 Å². The third-order valence-electron chi connectivity index (χ3n) is 2.98. The Kier molecular flexibility index (Phi) is 4.63. The molecule has 0 fully saturated rings. The van der Waals surface area contributed by atoms with E-state index in [1.54, 1.807) is 6.20 Å². The van der Waals surface area contributed by atoms with Crippen molar-refractivity contribution in [2.75, 3.05) is 6.54 Å². The highest BCUT2D eigenvalue weighted by Gasteiger charge is 2.31. The second-order valence-corrected chi connectivity index (χ2v) is 5.60. The lowest BCUT2D eigenvalue weighted by atomic mass is 10.1. The number of rotatable bonds is 4. The molecule has 0 aliphatic heterocycles. The van der Waals surface area contributed by atoms with E-state index in [9.17, 15) is 17.6 Å². The highest BCUT2D eigenvalue weighted by molar-refractivity contribution is 7.15. The van der Waals surface area contributed by atoms with Gasteiger partial charge in [-0.25, -0.2) is 9.37 Å². The number of alkyl halides is 3. The molecule has 2 aromatic rings. The number of hydrogen-bond acceptors (Lipinski definition) is 3. The molecular weight excluding hydrogens is 304 g/mol. The van der Waals surface area contributed by atoms with Crippen LogP contribution in [-0.2, 0) is 6.18 Å². The molecule has 1 aromatic carbocycles. The Labute approximate surface area is 123 Å². The van der Waals surface area contributed by atoms with Crippen molar-refractivity contribution in [2.24, 2.45) is 0 Å². The topological polar surface area (TPSA) is 24.9 Å². The summed E-state index contributed by atoms with van der Waals surface area (Å²) in [6.45, 7) is 4.63. The summed E-state index contributed by atoms with van der Waals surface area (Å²) in [5.74, 6) is -0.708. The van der Waals surface area contributed by atoms with Gasteiger partial charge in [0.05, 0.1) is 5.56 Å². The van der Waals surface area contributed by atoms with Gasteiger partial charge in [-0.3, -0.25) is 0 Å². The fourth-order valence-electron chi connectivity index (χ4n) is 1.88. The molecule has 21 heavy (non-hydrogen) atoms. The van der Waals surface area contributed by atoms with E-state index < -0.39 is 17.6 Å². The SMILES string of the molecule is CCNC(C)c1cnc(-c2cc(C(F)(F)F)ccc2F)s1. The molecule has 0 radical (unpaired) electrons. The standard InChI is InChI=1S/C14H14F4N2S/c1-3-19-8(2)12-7-20-13(21-12)10-6-9(14(16,17)18)4-5-11(10)15/h4-8,19H,3H2,1-2H3. The monoisotopic (exact) mass is 318 g/mol. The van der Waals surface area contributed by atoms with Crippen molar-refractivity contribution in [3.05, 3.63) is 40.7 Å². The van der Waals surface area contributed by atoms with Crippen LogP contribution in [0.15, 0.2) is 24.4 Å². The van der Waals surface area contributed by atoms with E-state index in [0.29, 0.717) is 0 Å². The van der Waals surface area contributed by atoms with Gasteiger partial charge in [0.1, 0.15) is 10.8 Å². The van der Waals surface area contributed by atoms with E-state index in [1.807, 2.05) is 13.8 Å². The second kappa shape index (κ2) is 6.11. The minimum absolute atomic E-state index is 0.0232. The molecule has 0 aliphatic carbocycles. The molecule has 0 bridgehead atoms. The van der Waals surface area contributed by atoms with Gasteiger partial charge in [-0.2, -0.15) is 13.2 Å². The predicted octanol–water partition coefficient (Wildman–Crippen LogP) is 4.64. The predicted molar refractivity (Wildman–Crippen MR) is 74.6 cm³/mol. The summed E-state index contributed by atoms with van der Waals surface area (Å²) in [6, 6.07) is 2.38. The lowest BCUT2D eigenvalue weighted by Gasteiger charge is -2.09. The first-order valence-electron chi connectivity index (χ1n) is 6.39. The normalized spacial score (nSPS) is 13.4. The lowest BCUT2D eigenvalue weighted by molar-refractivity contribution is -0.137. The molecule has 0 spiro atoms. The third-order valence-corrected chi connectivity index (χ3v) is 4.20. The van der Waals surface area contributed by atoms with Gasteiger partial charge in [-0.1, -0.05) is 6.92 Å². The number of halogens is 4. The minimum atomic E-state index is -4.50. The molecule has 0 amide bonds. The van der Waals surface area contributed by atoms with Gasteiger partial charge >= 0.3 is 6.18 Å². The molecule has 2 rings (SSSR count). The quantitative estimate of drug-likeness (QED) is 0.831. The highest BCUT2D eigenvalue weighted by Crippen LogP contribution is 2.35. The summed E-state index contributed by atoms with van der Waals surface area (Å²) in [4.78, 5) is 4.90. The fraction of sp³-hybridized carbons (Fsp3) is 0.357. The van der Waals surface area contributed by atoms with Gasteiger partial charge in [0.15, 0.2) is 0 Å². The van der Waals surface area contributed by atoms with Gasteiger partial charge in [-0.05, 0) is 31.7 Å². The zero-order valence-electron chi connectivity index (χ0n) is 11.5. The average molecular weight is 318 g/mol. The van der Waals surface area contributed by atoms with Crippen LogP contribution in [0.4, 0.5) is 17.6 Å². The van der Waals surface area contributed by atoms with E-state index in [2.05, 4.69) is 10.3 Å². The van der Waals surface area contributed by atoms with E-state index in [-0.39, 0.29) is 16.6 Å². The molecule has 114 valence electrons. The van der Waals surface area contributed by atoms with E-state index in [4.69, 9.17) is 0 Å². The number of thiazole rings is 1. The molecule has 1 heterocycles. The summed E-state index contributed by atoms with van der Waals surface area (Å²) in [6.07, 6.45) is -2.94. The Balaban J connectivity index is 2.38. The van der Waals surface area contributed by atoms with Gasteiger partial charge in [0.25, 0.3) is 0 Å². The van der Waals surface area contributed by atoms with Crippen LogP contribution < -0.4 is 5.32 Å². The second-order valence-electron chi connectivity index (χ2n) is 4.54. The Morgan fingerprint density at radius 3 is 2.67 bits per heavy atom. The van der Waals surface area contributed by atoms with Gasteiger partial charge < -0.3 is 5.32 Å². The summed E-state index contributed by atoms with van der Waals surface area (Å²) >= 11 is 1.19. The molecule has 0 saturated heterocycles. The zero-order chi connectivity index (χ0) is 15.6. The van der Waals surface area contributed by atoms with Crippen LogP contribution in [0.2, 0.25) is 0 Å². The largest absolute Gasteiger partial charge is 0.416 e. The summed E-state index contributed by atoms with van der Waals surface area (Å²) in [5.41, 5.74) is -1.000. The van der Waals surface area contributed by atoms with E-state index in [0.717, 1.165) is 29.6 Å². The number of benzene rings is 1. The van der Waals surface area contributed by atoms with Crippen molar-refractivity contribution in [1.29, 1.82) is 0 Å². The zero-order valence-corrected chi connectivity index (χ0v) is 12.3. The van der Waals surface area contributed by atoms with Crippen molar-refractivity contribution >= 4 is 11.3 Å². The molecule has 1 aromatic heterocycles. The van der Waals surface area contributed by atoms with Crippen molar-refractivity contribution in [2.45, 2.75) is 26.1 Å². The Bertz CT molecular complexity index is 622. The van der Waals surface area contributed by atoms with Gasteiger partial charge in [-0.15, -0.1) is 11.3 Å². The molecule has 0 aliphatic rings. The van der Waals surface area contributed by atoms with E-state index >= 15 is 0 Å². The van der Waals surface area contributed by atoms with E-state index in [1.165, 1.54) is 11.3 Å². The van der Waals surface area contributed by atoms with Crippen molar-refractivity contribution < 1.29 is 17.6 Å². The molecule has 1 unspecified atom stereocenters. The minimum Gasteiger partial charge on any atom is -0.310 e. The van der Waals surface area contributed by atoms with Crippen LogP contribution >= 0.6 is 11.3 Å². The number of aromatic nitrogens is 1. The smallest absolute Gasteiger partial charge is 0.310 e. The molecule has 1 atom stereocenters. The number of nitrogens with one attached hydrogen (secondary N) is 1. The maximum atomic E-state index is 13.8. The summed E-state index contributed by atoms with van der Waals surface area (Å²) in [5, 5.41) is 3.42. The Hall–Kier alpha value is -1.47. The van der Waals surface area contributed by atoms with Crippen molar-refractivity contribution in [1.82, 2.24) is 10.3 Å². The molecular formula is C14H14F4N2S. The molecule has 1 N–H and O–H groups in total. The van der Waals surface area contributed by atoms with Crippen LogP contribution in [0.25, 0.3) is 10.6 Å². The van der Waals surface area contributed by atoms with Crippen molar-refractivity contribution in [3.8, 4) is 10.6 Å². The first kappa shape index (κ1) is 15.9. The Morgan fingerprint density at radius 1 is 1.33 bits per heavy atom. The van der Waals surface area contributed by atoms with Crippen LogP contribution in [0.3, 0.4) is 0 Å². The molecule has 0 saturated carbocycles. The first-order chi connectivity index (χ1) is 9.82. The van der Waals surface area contributed by atoms with Crippen LogP contribution in [0.1, 0.15) is 30.3 Å². The molecule has 2 nitrogen and oxygen atoms in total. The third kappa shape index (κ3) is 3.59. The van der Waals surface area contributed by atoms with Crippen LogP contribution in [-0.4, -0.2) is 11.5 Å². The molecule has 7 heteroatoms. The first-order valence-corrected chi connectivity index (χ1v) is 7.20. The maximum absolute atomic E-state index is 13.8. The maximum Gasteiger partial charge on any atom is 0.416 e. The average Bonchev–Trinajstić information content (AvgIpc) is 2.87. The lowest BCUT2D eigenvalue weighted by Crippen LogP contribution is -2.16. The van der Waals surface area contributed by atoms with Gasteiger partial charge in [0, 0.05) is 22.7 Å². The fourth-order valence-corrected chi connectivity index (χ4v) is 2.84. The number of nitrogens with zero attached hydrogens (tertiary/aromatic N) is 1. The highest BCUT2D eigenvalue weighted by atomic mass is 32.1.